The van der Waals surface area contributed by atoms with Crippen LogP contribution in [0.5, 0.6) is 5.75 Å². The van der Waals surface area contributed by atoms with E-state index in [1.165, 1.54) is 13.5 Å². The van der Waals surface area contributed by atoms with E-state index >= 15 is 0 Å². The van der Waals surface area contributed by atoms with Gasteiger partial charge in [-0.2, -0.15) is 0 Å². The lowest BCUT2D eigenvalue weighted by atomic mass is 9.85. The maximum atomic E-state index is 12.9. The van der Waals surface area contributed by atoms with Gasteiger partial charge >= 0.3 is 12.1 Å². The van der Waals surface area contributed by atoms with Crippen LogP contribution in [0.3, 0.4) is 0 Å². The average Bonchev–Trinajstić information content (AvgIpc) is 3.03. The number of amides is 1. The van der Waals surface area contributed by atoms with Gasteiger partial charge in [-0.15, -0.1) is 0 Å². The number of carbonyl (C=O) groups is 2. The summed E-state index contributed by atoms with van der Waals surface area (Å²) in [6.07, 6.45) is 5.14. The van der Waals surface area contributed by atoms with E-state index in [0.29, 0.717) is 23.8 Å². The highest BCUT2D eigenvalue weighted by molar-refractivity contribution is 5.92. The molecule has 3 atom stereocenters. The molecule has 1 amide bonds. The van der Waals surface area contributed by atoms with Crippen LogP contribution in [-0.4, -0.2) is 48.4 Å². The van der Waals surface area contributed by atoms with Crippen molar-refractivity contribution < 1.29 is 23.8 Å². The quantitative estimate of drug-likeness (QED) is 0.713. The van der Waals surface area contributed by atoms with Crippen molar-refractivity contribution in [2.45, 2.75) is 70.6 Å². The van der Waals surface area contributed by atoms with Crippen molar-refractivity contribution in [2.75, 3.05) is 13.7 Å². The van der Waals surface area contributed by atoms with Crippen LogP contribution in [0.1, 0.15) is 63.2 Å². The van der Waals surface area contributed by atoms with E-state index in [2.05, 4.69) is 0 Å². The fraction of sp³-hybridized carbons (Fsp3) is 0.636. The van der Waals surface area contributed by atoms with Gasteiger partial charge in [-0.3, -0.25) is 4.90 Å². The minimum absolute atomic E-state index is 0.0614. The summed E-state index contributed by atoms with van der Waals surface area (Å²) >= 11 is 0. The summed E-state index contributed by atoms with van der Waals surface area (Å²) in [5.41, 5.74) is -0.142. The van der Waals surface area contributed by atoms with Crippen LogP contribution in [-0.2, 0) is 9.47 Å². The highest BCUT2D eigenvalue weighted by atomic mass is 16.6. The molecule has 1 aromatic carbocycles. The maximum Gasteiger partial charge on any atom is 0.410 e. The number of nitrogens with zero attached hydrogens (tertiary/aromatic N) is 1. The molecular formula is C22H31NO5. The molecule has 0 spiro atoms. The van der Waals surface area contributed by atoms with Crippen LogP contribution in [0.25, 0.3) is 0 Å². The number of hydrogen-bond acceptors (Lipinski definition) is 5. The first-order chi connectivity index (χ1) is 13.3. The number of para-hydroxylation sites is 1. The maximum absolute atomic E-state index is 12.9. The first-order valence-corrected chi connectivity index (χ1v) is 10.1. The molecular weight excluding hydrogens is 358 g/mol. The Bertz CT molecular complexity index is 711. The van der Waals surface area contributed by atoms with Crippen molar-refractivity contribution in [3.63, 3.8) is 0 Å². The SMILES string of the molecule is COC(=O)c1ccccc1OC[C@@H]1CC2CCCCC2N1C(=O)OC(C)(C)C. The van der Waals surface area contributed by atoms with Crippen LogP contribution in [0.2, 0.25) is 0 Å². The second-order valence-electron chi connectivity index (χ2n) is 8.69. The van der Waals surface area contributed by atoms with Crippen molar-refractivity contribution in [3.8, 4) is 5.75 Å². The van der Waals surface area contributed by atoms with E-state index in [1.54, 1.807) is 18.2 Å². The van der Waals surface area contributed by atoms with Gasteiger partial charge in [-0.05, 0) is 58.1 Å². The smallest absolute Gasteiger partial charge is 0.410 e. The highest BCUT2D eigenvalue weighted by Gasteiger charge is 2.46. The Morgan fingerprint density at radius 2 is 1.86 bits per heavy atom. The third-order valence-corrected chi connectivity index (χ3v) is 5.52. The summed E-state index contributed by atoms with van der Waals surface area (Å²) in [5, 5.41) is 0. The molecule has 1 saturated heterocycles. The Balaban J connectivity index is 1.76. The molecule has 0 bridgehead atoms. The lowest BCUT2D eigenvalue weighted by molar-refractivity contribution is 0.00613. The number of likely N-dealkylation sites (tertiary alicyclic amines) is 1. The normalized spacial score (nSPS) is 24.4. The zero-order valence-corrected chi connectivity index (χ0v) is 17.3. The summed E-state index contributed by atoms with van der Waals surface area (Å²) in [6.45, 7) is 5.99. The molecule has 28 heavy (non-hydrogen) atoms. The van der Waals surface area contributed by atoms with Gasteiger partial charge in [0.2, 0.25) is 0 Å². The van der Waals surface area contributed by atoms with Crippen LogP contribution >= 0.6 is 0 Å². The standard InChI is InChI=1S/C22H31NO5/c1-22(2,3)28-21(25)23-16(13-15-9-5-7-11-18(15)23)14-27-19-12-8-6-10-17(19)20(24)26-4/h6,8,10,12,15-16,18H,5,7,9,11,13-14H2,1-4H3/t15?,16-,18?/m0/s1. The number of hydrogen-bond donors (Lipinski definition) is 0. The summed E-state index contributed by atoms with van der Waals surface area (Å²) in [6, 6.07) is 7.19. The monoisotopic (exact) mass is 389 g/mol. The number of ether oxygens (including phenoxy) is 3. The summed E-state index contributed by atoms with van der Waals surface area (Å²) in [5.74, 6) is 0.541. The van der Waals surface area contributed by atoms with Crippen molar-refractivity contribution in [1.82, 2.24) is 4.90 Å². The second kappa shape index (κ2) is 8.41. The number of methoxy groups -OCH3 is 1. The second-order valence-corrected chi connectivity index (χ2v) is 8.69. The Labute approximate surface area is 167 Å². The largest absolute Gasteiger partial charge is 0.491 e. The Morgan fingerprint density at radius 1 is 1.14 bits per heavy atom. The van der Waals surface area contributed by atoms with E-state index in [-0.39, 0.29) is 18.2 Å². The van der Waals surface area contributed by atoms with E-state index < -0.39 is 11.6 Å². The van der Waals surface area contributed by atoms with E-state index in [1.807, 2.05) is 31.7 Å². The van der Waals surface area contributed by atoms with Gasteiger partial charge in [0.15, 0.2) is 0 Å². The molecule has 1 aliphatic heterocycles. The molecule has 3 rings (SSSR count). The number of rotatable bonds is 4. The van der Waals surface area contributed by atoms with Crippen molar-refractivity contribution in [2.24, 2.45) is 5.92 Å². The lowest BCUT2D eigenvalue weighted by Gasteiger charge is -2.35. The van der Waals surface area contributed by atoms with Gasteiger partial charge in [0, 0.05) is 6.04 Å². The van der Waals surface area contributed by atoms with Gasteiger partial charge in [0.1, 0.15) is 23.5 Å². The third-order valence-electron chi connectivity index (χ3n) is 5.52. The van der Waals surface area contributed by atoms with Crippen LogP contribution in [0, 0.1) is 5.92 Å². The third kappa shape index (κ3) is 4.59. The first kappa shape index (κ1) is 20.5. The fourth-order valence-corrected chi connectivity index (χ4v) is 4.37. The van der Waals surface area contributed by atoms with Crippen molar-refractivity contribution >= 4 is 12.1 Å². The van der Waals surface area contributed by atoms with Gasteiger partial charge in [-0.1, -0.05) is 25.0 Å². The molecule has 6 nitrogen and oxygen atoms in total. The number of benzene rings is 1. The lowest BCUT2D eigenvalue weighted by Crippen LogP contribution is -2.47. The van der Waals surface area contributed by atoms with E-state index in [4.69, 9.17) is 14.2 Å². The van der Waals surface area contributed by atoms with Gasteiger partial charge < -0.3 is 14.2 Å². The number of carbonyl (C=O) groups excluding carboxylic acids is 2. The predicted molar refractivity (Wildman–Crippen MR) is 106 cm³/mol. The Morgan fingerprint density at radius 3 is 2.57 bits per heavy atom. The highest BCUT2D eigenvalue weighted by Crippen LogP contribution is 2.40. The molecule has 1 aliphatic carbocycles. The molecule has 0 aromatic heterocycles. The van der Waals surface area contributed by atoms with Gasteiger partial charge in [0.25, 0.3) is 0 Å². The van der Waals surface area contributed by atoms with E-state index in [9.17, 15) is 9.59 Å². The predicted octanol–water partition coefficient (Wildman–Crippen LogP) is 4.42. The zero-order chi connectivity index (χ0) is 20.3. The van der Waals surface area contributed by atoms with Crippen LogP contribution < -0.4 is 4.74 Å². The molecule has 0 N–H and O–H groups in total. The minimum Gasteiger partial charge on any atom is -0.491 e. The van der Waals surface area contributed by atoms with Gasteiger partial charge in [-0.25, -0.2) is 9.59 Å². The molecule has 2 unspecified atom stereocenters. The summed E-state index contributed by atoms with van der Waals surface area (Å²) in [4.78, 5) is 26.8. The van der Waals surface area contributed by atoms with Crippen LogP contribution in [0.4, 0.5) is 4.79 Å². The Hall–Kier alpha value is -2.24. The number of fused-ring (bicyclic) bond motifs is 1. The molecule has 0 radical (unpaired) electrons. The van der Waals surface area contributed by atoms with E-state index in [0.717, 1.165) is 25.7 Å². The molecule has 1 saturated carbocycles. The molecule has 2 aliphatic rings. The Kier molecular flexibility index (Phi) is 6.16. The fourth-order valence-electron chi connectivity index (χ4n) is 4.37. The topological polar surface area (TPSA) is 65.1 Å². The zero-order valence-electron chi connectivity index (χ0n) is 17.3. The van der Waals surface area contributed by atoms with Crippen LogP contribution in [0.15, 0.2) is 24.3 Å². The molecule has 1 aromatic rings. The van der Waals surface area contributed by atoms with Crippen molar-refractivity contribution in [1.29, 1.82) is 0 Å². The molecule has 6 heteroatoms. The number of esters is 1. The molecule has 154 valence electrons. The first-order valence-electron chi connectivity index (χ1n) is 10.1. The summed E-state index contributed by atoms with van der Waals surface area (Å²) < 4.78 is 16.5. The molecule has 2 fully saturated rings. The summed E-state index contributed by atoms with van der Waals surface area (Å²) in [7, 11) is 1.35. The van der Waals surface area contributed by atoms with Gasteiger partial charge in [0.05, 0.1) is 13.2 Å². The molecule has 1 heterocycles. The average molecular weight is 389 g/mol. The minimum atomic E-state index is -0.535. The van der Waals surface area contributed by atoms with Crippen molar-refractivity contribution in [3.05, 3.63) is 29.8 Å².